The van der Waals surface area contributed by atoms with E-state index < -0.39 is 40.1 Å². The van der Waals surface area contributed by atoms with E-state index in [4.69, 9.17) is 25.0 Å². The molecule has 277 valence electrons. The molecule has 3 aromatic heterocycles. The Balaban J connectivity index is 0.000000283. The number of rotatable bonds is 5. The first-order valence-corrected chi connectivity index (χ1v) is 17.2. The van der Waals surface area contributed by atoms with Gasteiger partial charge < -0.3 is 14.4 Å². The zero-order chi connectivity index (χ0) is 50.6. The number of halogens is 1. The molecule has 9 rings (SSSR count). The zero-order valence-electron chi connectivity index (χ0n) is 44.4. The summed E-state index contributed by atoms with van der Waals surface area (Å²) in [4.78, 5) is 8.45. The summed E-state index contributed by atoms with van der Waals surface area (Å²) in [5.41, 5.74) is 4.53. The summed E-state index contributed by atoms with van der Waals surface area (Å²) in [5.74, 6) is -0.478. The van der Waals surface area contributed by atoms with E-state index in [1.807, 2.05) is 60.7 Å². The van der Waals surface area contributed by atoms with Crippen LogP contribution < -0.4 is 0 Å². The van der Waals surface area contributed by atoms with Crippen molar-refractivity contribution >= 4 is 21.9 Å². The second kappa shape index (κ2) is 16.4. The van der Waals surface area contributed by atoms with E-state index >= 15 is 0 Å². The van der Waals surface area contributed by atoms with Crippen LogP contribution in [0.25, 0.3) is 77.8 Å². The molecule has 9 aromatic rings. The van der Waals surface area contributed by atoms with Crippen molar-refractivity contribution in [3.05, 3.63) is 192 Å². The summed E-state index contributed by atoms with van der Waals surface area (Å²) < 4.78 is 139. The Kier molecular flexibility index (Phi) is 6.97. The molecule has 0 fully saturated rings. The molecule has 0 aliphatic carbocycles. The van der Waals surface area contributed by atoms with Gasteiger partial charge in [-0.2, -0.15) is 0 Å². The van der Waals surface area contributed by atoms with Gasteiger partial charge in [0.15, 0.2) is 0 Å². The van der Waals surface area contributed by atoms with Crippen LogP contribution in [-0.4, -0.2) is 9.97 Å². The molecule has 0 spiro atoms. The second-order valence-corrected chi connectivity index (χ2v) is 12.7. The molecule has 3 nitrogen and oxygen atoms in total. The molecule has 0 aliphatic rings. The molecule has 5 heteroatoms. The first-order chi connectivity index (χ1) is 32.8. The topological polar surface area (TPSA) is 38.9 Å². The minimum Gasteiger partial charge on any atom is -0.501 e. The zero-order valence-corrected chi connectivity index (χ0v) is 31.8. The van der Waals surface area contributed by atoms with Crippen molar-refractivity contribution in [2.75, 3.05) is 0 Å². The average Bonchev–Trinajstić information content (AvgIpc) is 3.69. The number of furan rings is 1. The fourth-order valence-electron chi connectivity index (χ4n) is 6.42. The number of nitrogens with zero attached hydrogens (tertiary/aromatic N) is 2. The van der Waals surface area contributed by atoms with Gasteiger partial charge in [0.1, 0.15) is 5.58 Å². The number of fused-ring (bicyclic) bond motifs is 3. The van der Waals surface area contributed by atoms with Crippen molar-refractivity contribution in [3.8, 4) is 55.9 Å². The van der Waals surface area contributed by atoms with Gasteiger partial charge in [-0.05, 0) is 107 Å². The Morgan fingerprint density at radius 1 is 0.554 bits per heavy atom. The normalized spacial score (nSPS) is 16.0. The smallest absolute Gasteiger partial charge is 0.120 e. The van der Waals surface area contributed by atoms with Gasteiger partial charge in [0, 0.05) is 64.3 Å². The summed E-state index contributed by atoms with van der Waals surface area (Å²) in [7, 11) is 0. The molecule has 0 aliphatic heterocycles. The van der Waals surface area contributed by atoms with Gasteiger partial charge in [-0.25, -0.2) is 0 Å². The van der Waals surface area contributed by atoms with Crippen LogP contribution in [0.3, 0.4) is 0 Å². The molecule has 0 saturated heterocycles. The quantitative estimate of drug-likeness (QED) is 0.161. The van der Waals surface area contributed by atoms with Crippen LogP contribution in [0.5, 0.6) is 0 Å². The number of aryl methyl sites for hydroxylation is 5. The van der Waals surface area contributed by atoms with E-state index in [2.05, 4.69) is 22.1 Å². The van der Waals surface area contributed by atoms with Crippen LogP contribution in [0.1, 0.15) is 48.4 Å². The van der Waals surface area contributed by atoms with Crippen molar-refractivity contribution in [2.45, 2.75) is 34.3 Å². The Bertz CT molecular complexity index is 3380. The van der Waals surface area contributed by atoms with Gasteiger partial charge >= 0.3 is 0 Å². The maximum Gasteiger partial charge on any atom is 0.120 e. The number of para-hydroxylation sites is 1. The van der Waals surface area contributed by atoms with Gasteiger partial charge in [0.05, 0.1) is 5.58 Å². The van der Waals surface area contributed by atoms with Crippen molar-refractivity contribution in [3.63, 3.8) is 0 Å². The SMILES string of the molecule is [2H]C([2H])([2H])c1cc(-c2ccccc2)ccc1-c1ccc(-c2cc(-c3[c-]ccc4c3oc3ccccc34)ncc2C([2H])([2H])[2H])c(C([2H])([2H])[2H])c1.[2H]C([2H])([2H])c1cnc(-c2[c-]cc(F)cc2)cc1C([2H])([2H])[2H].[Ir]. The van der Waals surface area contributed by atoms with Gasteiger partial charge in [0.2, 0.25) is 0 Å². The predicted octanol–water partition coefficient (Wildman–Crippen LogP) is 13.7. The van der Waals surface area contributed by atoms with E-state index in [0.29, 0.717) is 44.7 Å². The van der Waals surface area contributed by atoms with Gasteiger partial charge in [-0.1, -0.05) is 114 Å². The molecule has 0 bridgehead atoms. The third-order valence-corrected chi connectivity index (χ3v) is 9.20. The van der Waals surface area contributed by atoms with E-state index in [0.717, 1.165) is 28.6 Å². The third kappa shape index (κ3) is 7.75. The van der Waals surface area contributed by atoms with E-state index in [1.165, 1.54) is 30.5 Å². The van der Waals surface area contributed by atoms with E-state index in [9.17, 15) is 4.39 Å². The predicted molar refractivity (Wildman–Crippen MR) is 224 cm³/mol. The van der Waals surface area contributed by atoms with Crippen molar-refractivity contribution in [2.24, 2.45) is 0 Å². The average molecular weight is 922 g/mol. The molecule has 1 radical (unpaired) electrons. The number of hydrogen-bond donors (Lipinski definition) is 0. The molecule has 6 aromatic carbocycles. The van der Waals surface area contributed by atoms with Gasteiger partial charge in [-0.15, -0.1) is 48.0 Å². The summed E-state index contributed by atoms with van der Waals surface area (Å²) in [6.07, 6.45) is 2.28. The van der Waals surface area contributed by atoms with E-state index in [-0.39, 0.29) is 64.7 Å². The fraction of sp³-hybridized carbons (Fsp3) is 0.0980. The van der Waals surface area contributed by atoms with Crippen molar-refractivity contribution < 1.29 is 49.5 Å². The maximum atomic E-state index is 12.9. The van der Waals surface area contributed by atoms with Crippen LogP contribution in [0.15, 0.2) is 150 Å². The van der Waals surface area contributed by atoms with Crippen LogP contribution in [0, 0.1) is 52.2 Å². The van der Waals surface area contributed by atoms with Gasteiger partial charge in [-0.3, -0.25) is 4.39 Å². The summed E-state index contributed by atoms with van der Waals surface area (Å²) in [5, 5.41) is 1.74. The summed E-state index contributed by atoms with van der Waals surface area (Å²) >= 11 is 0. The molecule has 0 saturated carbocycles. The molecule has 0 atom stereocenters. The Labute approximate surface area is 362 Å². The molecular formula is C51H39FIrN2O-2. The number of hydrogen-bond acceptors (Lipinski definition) is 3. The van der Waals surface area contributed by atoms with Crippen LogP contribution in [0.2, 0.25) is 0 Å². The number of aromatic nitrogens is 2. The molecule has 0 N–H and O–H groups in total. The van der Waals surface area contributed by atoms with Crippen molar-refractivity contribution in [1.82, 2.24) is 9.97 Å². The molecule has 0 amide bonds. The standard InChI is InChI=1S/C38H28NO.C13H11FN.Ir/c1-24-20-28(27-10-5-4-6-11-27)16-18-30(24)29-17-19-31(25(2)21-29)35-22-36(39-23-26(35)3)34-14-9-13-33-32-12-7-8-15-37(32)40-38(33)34;1-9-7-13(15-8-10(9)2)11-3-5-12(14)6-4-11;/h4-13,15-23H,1-3H3;3,5-8H,1-2H3;/q2*-1;/i1D3,2D3,3D3;1D3,2D3;. The molecule has 0 unspecified atom stereocenters. The first kappa shape index (κ1) is 23.8. The number of benzene rings is 6. The van der Waals surface area contributed by atoms with Crippen LogP contribution in [-0.2, 0) is 20.1 Å². The fourth-order valence-corrected chi connectivity index (χ4v) is 6.42. The summed E-state index contributed by atoms with van der Waals surface area (Å²) in [6, 6.07) is 42.6. The van der Waals surface area contributed by atoms with Crippen LogP contribution >= 0.6 is 0 Å². The Hall–Kier alpha value is -6.00. The number of pyridine rings is 2. The minimum atomic E-state index is -2.68. The van der Waals surface area contributed by atoms with Crippen LogP contribution in [0.4, 0.5) is 4.39 Å². The maximum absolute atomic E-state index is 12.9. The Morgan fingerprint density at radius 3 is 2.07 bits per heavy atom. The van der Waals surface area contributed by atoms with Crippen molar-refractivity contribution in [1.29, 1.82) is 0 Å². The second-order valence-electron chi connectivity index (χ2n) is 12.7. The largest absolute Gasteiger partial charge is 0.501 e. The van der Waals surface area contributed by atoms with Gasteiger partial charge in [0.25, 0.3) is 0 Å². The van der Waals surface area contributed by atoms with E-state index in [1.54, 1.807) is 42.5 Å². The molecule has 56 heavy (non-hydrogen) atoms. The first-order valence-electron chi connectivity index (χ1n) is 24.7. The Morgan fingerprint density at radius 2 is 1.27 bits per heavy atom. The summed E-state index contributed by atoms with van der Waals surface area (Å²) in [6.45, 7) is -13.0. The third-order valence-electron chi connectivity index (χ3n) is 9.20. The molecule has 3 heterocycles. The molecular weight excluding hydrogens is 868 g/mol. The minimum absolute atomic E-state index is 0. The monoisotopic (exact) mass is 922 g/mol.